The monoisotopic (exact) mass is 305 g/mol. The number of phosphoric acid groups is 1. The first-order chi connectivity index (χ1) is 8.16. The first-order valence-electron chi connectivity index (χ1n) is 4.96. The standard InChI is InChI=1S/C12H11O4P.Fe/c13-17(14,15-11-7-3-1-4-8-11)16-12-9-5-2-6-10-12;/h1-10H,(H,13,14);/p-1. The first kappa shape index (κ1) is 14.8. The van der Waals surface area contributed by atoms with Crippen molar-refractivity contribution in [3.8, 4) is 11.5 Å². The van der Waals surface area contributed by atoms with E-state index in [0.717, 1.165) is 0 Å². The van der Waals surface area contributed by atoms with Crippen LogP contribution >= 0.6 is 7.82 Å². The summed E-state index contributed by atoms with van der Waals surface area (Å²) in [5.41, 5.74) is 0. The molecule has 0 saturated heterocycles. The summed E-state index contributed by atoms with van der Waals surface area (Å²) in [7, 11) is -4.39. The van der Waals surface area contributed by atoms with E-state index < -0.39 is 7.82 Å². The third kappa shape index (κ3) is 4.55. The van der Waals surface area contributed by atoms with Crippen molar-refractivity contribution < 1.29 is 35.6 Å². The fourth-order valence-corrected chi connectivity index (χ4v) is 2.04. The molecule has 2 aromatic carbocycles. The Balaban J connectivity index is 0.00000162. The Morgan fingerprint density at radius 2 is 1.11 bits per heavy atom. The predicted octanol–water partition coefficient (Wildman–Crippen LogP) is 2.61. The molecule has 0 radical (unpaired) electrons. The molecule has 0 fully saturated rings. The van der Waals surface area contributed by atoms with Crippen LogP contribution in [0.3, 0.4) is 0 Å². The van der Waals surface area contributed by atoms with E-state index in [1.165, 1.54) is 0 Å². The number of phosphoric ester groups is 1. The molecule has 0 atom stereocenters. The summed E-state index contributed by atoms with van der Waals surface area (Å²) in [6, 6.07) is 16.4. The van der Waals surface area contributed by atoms with Gasteiger partial charge in [-0.15, -0.1) is 0 Å². The van der Waals surface area contributed by atoms with Crippen molar-refractivity contribution in [1.29, 1.82) is 0 Å². The number of rotatable bonds is 4. The normalized spacial score (nSPS) is 10.3. The molecule has 0 heterocycles. The second kappa shape index (κ2) is 6.62. The summed E-state index contributed by atoms with van der Waals surface area (Å²) >= 11 is 0. The molecule has 0 aliphatic carbocycles. The minimum atomic E-state index is -4.39. The summed E-state index contributed by atoms with van der Waals surface area (Å²) in [5, 5.41) is 0. The van der Waals surface area contributed by atoms with E-state index in [0.29, 0.717) is 0 Å². The van der Waals surface area contributed by atoms with Crippen LogP contribution in [0.15, 0.2) is 60.7 Å². The van der Waals surface area contributed by atoms with Crippen molar-refractivity contribution in [1.82, 2.24) is 0 Å². The fraction of sp³-hybridized carbons (Fsp3) is 0. The van der Waals surface area contributed by atoms with Crippen LogP contribution in [0.25, 0.3) is 0 Å². The quantitative estimate of drug-likeness (QED) is 0.643. The number of para-hydroxylation sites is 2. The Bertz CT molecular complexity index is 473. The van der Waals surface area contributed by atoms with Gasteiger partial charge in [0.1, 0.15) is 11.5 Å². The second-order valence-electron chi connectivity index (χ2n) is 3.26. The summed E-state index contributed by atoms with van der Waals surface area (Å²) in [6.07, 6.45) is 0. The molecule has 0 amide bonds. The van der Waals surface area contributed by atoms with Crippen LogP contribution in [0.2, 0.25) is 0 Å². The van der Waals surface area contributed by atoms with Gasteiger partial charge in [0.15, 0.2) is 0 Å². The summed E-state index contributed by atoms with van der Waals surface area (Å²) in [5.74, 6) is 0.448. The molecule has 6 heteroatoms. The molecule has 0 unspecified atom stereocenters. The molecule has 0 saturated carbocycles. The van der Waals surface area contributed by atoms with Crippen LogP contribution in [0, 0.1) is 0 Å². The van der Waals surface area contributed by atoms with Gasteiger partial charge < -0.3 is 13.9 Å². The topological polar surface area (TPSA) is 58.6 Å². The van der Waals surface area contributed by atoms with Gasteiger partial charge in [0, 0.05) is 17.1 Å². The number of benzene rings is 2. The van der Waals surface area contributed by atoms with Crippen LogP contribution in [-0.2, 0) is 21.6 Å². The Hall–Kier alpha value is -1.25. The molecular formula is C12H10FeO4P-. The Morgan fingerprint density at radius 3 is 1.44 bits per heavy atom. The van der Waals surface area contributed by atoms with Gasteiger partial charge in [-0.25, -0.2) is 4.57 Å². The third-order valence-corrected chi connectivity index (χ3v) is 2.79. The van der Waals surface area contributed by atoms with Crippen LogP contribution in [0.4, 0.5) is 0 Å². The molecule has 2 aromatic rings. The van der Waals surface area contributed by atoms with E-state index in [9.17, 15) is 9.46 Å². The van der Waals surface area contributed by atoms with Crippen LogP contribution in [0.1, 0.15) is 0 Å². The fourth-order valence-electron chi connectivity index (χ4n) is 1.24. The summed E-state index contributed by atoms with van der Waals surface area (Å²) in [4.78, 5) is 11.6. The third-order valence-electron chi connectivity index (χ3n) is 1.92. The van der Waals surface area contributed by atoms with E-state index in [1.54, 1.807) is 60.7 Å². The van der Waals surface area contributed by atoms with Gasteiger partial charge in [0.05, 0.1) is 0 Å². The van der Waals surface area contributed by atoms with E-state index in [4.69, 9.17) is 9.05 Å². The SMILES string of the molecule is O=P([O-])(Oc1ccccc1)Oc1ccccc1.[Fe]. The number of hydrogen-bond donors (Lipinski definition) is 0. The molecule has 0 N–H and O–H groups in total. The van der Waals surface area contributed by atoms with E-state index in [1.807, 2.05) is 0 Å². The maximum absolute atomic E-state index is 11.6. The zero-order valence-corrected chi connectivity index (χ0v) is 11.2. The molecule has 0 spiro atoms. The average Bonchev–Trinajstić information content (AvgIpc) is 2.30. The van der Waals surface area contributed by atoms with E-state index in [2.05, 4.69) is 0 Å². The Morgan fingerprint density at radius 1 is 0.778 bits per heavy atom. The van der Waals surface area contributed by atoms with Gasteiger partial charge in [0.25, 0.3) is 0 Å². The van der Waals surface area contributed by atoms with Crippen molar-refractivity contribution in [2.24, 2.45) is 0 Å². The Kier molecular flexibility index (Phi) is 5.45. The largest absolute Gasteiger partial charge is 0.736 e. The summed E-state index contributed by atoms with van der Waals surface area (Å²) < 4.78 is 21.1. The maximum Gasteiger partial charge on any atom is 0.372 e. The van der Waals surface area contributed by atoms with Gasteiger partial charge in [-0.2, -0.15) is 0 Å². The minimum Gasteiger partial charge on any atom is -0.736 e. The smallest absolute Gasteiger partial charge is 0.372 e. The van der Waals surface area contributed by atoms with Gasteiger partial charge in [-0.05, 0) is 24.3 Å². The zero-order chi connectivity index (χ0) is 12.1. The minimum absolute atomic E-state index is 0. The van der Waals surface area contributed by atoms with Gasteiger partial charge in [-0.3, -0.25) is 0 Å². The van der Waals surface area contributed by atoms with Gasteiger partial charge in [-0.1, -0.05) is 36.4 Å². The molecule has 0 aromatic heterocycles. The van der Waals surface area contributed by atoms with Crippen molar-refractivity contribution in [3.63, 3.8) is 0 Å². The zero-order valence-electron chi connectivity index (χ0n) is 9.21. The Labute approximate surface area is 116 Å². The second-order valence-corrected chi connectivity index (χ2v) is 4.52. The van der Waals surface area contributed by atoms with Crippen molar-refractivity contribution >= 4 is 7.82 Å². The molecule has 18 heavy (non-hydrogen) atoms. The van der Waals surface area contributed by atoms with Gasteiger partial charge in [0.2, 0.25) is 0 Å². The molecule has 96 valence electrons. The van der Waals surface area contributed by atoms with E-state index >= 15 is 0 Å². The molecule has 2 rings (SSSR count). The van der Waals surface area contributed by atoms with Crippen molar-refractivity contribution in [2.45, 2.75) is 0 Å². The van der Waals surface area contributed by atoms with Crippen LogP contribution < -0.4 is 13.9 Å². The van der Waals surface area contributed by atoms with Gasteiger partial charge >= 0.3 is 7.82 Å². The van der Waals surface area contributed by atoms with Crippen molar-refractivity contribution in [3.05, 3.63) is 60.7 Å². The molecule has 0 aliphatic heterocycles. The van der Waals surface area contributed by atoms with Crippen molar-refractivity contribution in [2.75, 3.05) is 0 Å². The average molecular weight is 305 g/mol. The predicted molar refractivity (Wildman–Crippen MR) is 61.7 cm³/mol. The molecular weight excluding hydrogens is 295 g/mol. The summed E-state index contributed by atoms with van der Waals surface area (Å²) in [6.45, 7) is 0. The number of hydrogen-bond acceptors (Lipinski definition) is 4. The molecule has 0 bridgehead atoms. The van der Waals surface area contributed by atoms with Crippen LogP contribution in [0.5, 0.6) is 11.5 Å². The maximum atomic E-state index is 11.6. The van der Waals surface area contributed by atoms with Crippen LogP contribution in [-0.4, -0.2) is 0 Å². The molecule has 0 aliphatic rings. The first-order valence-corrected chi connectivity index (χ1v) is 6.42. The molecule has 4 nitrogen and oxygen atoms in total. The van der Waals surface area contributed by atoms with E-state index in [-0.39, 0.29) is 28.6 Å².